The molecule has 3 rings (SSSR count). The number of rotatable bonds is 7. The molecule has 0 amide bonds. The highest BCUT2D eigenvalue weighted by atomic mass is 32.2. The van der Waals surface area contributed by atoms with Crippen LogP contribution in [0.25, 0.3) is 0 Å². The van der Waals surface area contributed by atoms with Gasteiger partial charge in [0.1, 0.15) is 0 Å². The minimum absolute atomic E-state index is 0.0924. The summed E-state index contributed by atoms with van der Waals surface area (Å²) < 4.78 is 54.7. The van der Waals surface area contributed by atoms with Gasteiger partial charge < -0.3 is 4.90 Å². The van der Waals surface area contributed by atoms with Crippen molar-refractivity contribution in [1.29, 1.82) is 0 Å². The Hall–Kier alpha value is -1.00. The van der Waals surface area contributed by atoms with Crippen LogP contribution < -0.4 is 4.72 Å². The van der Waals surface area contributed by atoms with Crippen molar-refractivity contribution in [2.45, 2.75) is 53.9 Å². The molecule has 0 unspecified atom stereocenters. The van der Waals surface area contributed by atoms with Gasteiger partial charge in [-0.25, -0.2) is 21.6 Å². The Bertz CT molecular complexity index is 852. The van der Waals surface area contributed by atoms with E-state index in [0.717, 1.165) is 38.5 Å². The number of sulfonamides is 2. The van der Waals surface area contributed by atoms with Gasteiger partial charge in [-0.2, -0.15) is 4.31 Å². The summed E-state index contributed by atoms with van der Waals surface area (Å²) in [5, 5.41) is 0. The van der Waals surface area contributed by atoms with Crippen LogP contribution in [-0.4, -0.2) is 65.3 Å². The van der Waals surface area contributed by atoms with E-state index in [1.54, 1.807) is 0 Å². The lowest BCUT2D eigenvalue weighted by molar-refractivity contribution is 0.162. The van der Waals surface area contributed by atoms with E-state index in [2.05, 4.69) is 9.62 Å². The third-order valence-corrected chi connectivity index (χ3v) is 9.24. The molecule has 1 aliphatic heterocycles. The zero-order valence-corrected chi connectivity index (χ0v) is 17.7. The molecule has 1 saturated heterocycles. The first-order chi connectivity index (χ1) is 12.7. The third-order valence-electron chi connectivity index (χ3n) is 5.91. The van der Waals surface area contributed by atoms with Crippen molar-refractivity contribution >= 4 is 20.0 Å². The molecular formula is C18H29N3O4S2. The van der Waals surface area contributed by atoms with Gasteiger partial charge in [0.05, 0.1) is 9.79 Å². The van der Waals surface area contributed by atoms with Crippen LogP contribution in [-0.2, 0) is 20.0 Å². The van der Waals surface area contributed by atoms with E-state index in [0.29, 0.717) is 19.6 Å². The van der Waals surface area contributed by atoms with Crippen LogP contribution in [0, 0.1) is 0 Å². The number of nitrogens with zero attached hydrogens (tertiary/aromatic N) is 2. The highest BCUT2D eigenvalue weighted by Gasteiger charge is 2.37. The summed E-state index contributed by atoms with van der Waals surface area (Å²) in [6, 6.07) is 5.53. The first-order valence-electron chi connectivity index (χ1n) is 9.45. The fourth-order valence-corrected chi connectivity index (χ4v) is 6.63. The average molecular weight is 416 g/mol. The van der Waals surface area contributed by atoms with E-state index in [4.69, 9.17) is 0 Å². The fraction of sp³-hybridized carbons (Fsp3) is 0.667. The molecule has 2 fully saturated rings. The number of nitrogens with one attached hydrogen (secondary N) is 1. The minimum Gasteiger partial charge on any atom is -0.302 e. The highest BCUT2D eigenvalue weighted by molar-refractivity contribution is 7.89. The third kappa shape index (κ3) is 4.22. The predicted octanol–water partition coefficient (Wildman–Crippen LogP) is 1.62. The molecule has 2 aliphatic rings. The van der Waals surface area contributed by atoms with Gasteiger partial charge in [-0.15, -0.1) is 0 Å². The van der Waals surface area contributed by atoms with Crippen LogP contribution in [0.2, 0.25) is 0 Å². The molecule has 0 spiro atoms. The Morgan fingerprint density at radius 2 is 1.44 bits per heavy atom. The van der Waals surface area contributed by atoms with Crippen molar-refractivity contribution < 1.29 is 16.8 Å². The molecule has 152 valence electrons. The molecule has 0 bridgehead atoms. The Morgan fingerprint density at radius 3 is 1.96 bits per heavy atom. The van der Waals surface area contributed by atoms with Crippen molar-refractivity contribution in [2.75, 3.05) is 33.7 Å². The second kappa shape index (κ2) is 7.79. The predicted molar refractivity (Wildman–Crippen MR) is 105 cm³/mol. The molecular weight excluding hydrogens is 386 g/mol. The van der Waals surface area contributed by atoms with Gasteiger partial charge in [-0.05, 0) is 64.0 Å². The summed E-state index contributed by atoms with van der Waals surface area (Å²) >= 11 is 0. The monoisotopic (exact) mass is 415 g/mol. The number of benzene rings is 1. The van der Waals surface area contributed by atoms with Gasteiger partial charge in [0.25, 0.3) is 0 Å². The van der Waals surface area contributed by atoms with Crippen LogP contribution >= 0.6 is 0 Å². The van der Waals surface area contributed by atoms with Crippen LogP contribution in [0.15, 0.2) is 34.1 Å². The van der Waals surface area contributed by atoms with Gasteiger partial charge in [0, 0.05) is 25.2 Å². The van der Waals surface area contributed by atoms with Gasteiger partial charge in [-0.1, -0.05) is 12.8 Å². The summed E-state index contributed by atoms with van der Waals surface area (Å²) in [5.41, 5.74) is -0.147. The van der Waals surface area contributed by atoms with Crippen LogP contribution in [0.1, 0.15) is 38.5 Å². The maximum atomic E-state index is 12.7. The Kier molecular flexibility index (Phi) is 5.98. The second-order valence-corrected chi connectivity index (χ2v) is 11.4. The molecule has 1 heterocycles. The lowest BCUT2D eigenvalue weighted by Crippen LogP contribution is -2.50. The molecule has 9 heteroatoms. The number of likely N-dealkylation sites (N-methyl/N-ethyl adjacent to an activating group) is 1. The summed E-state index contributed by atoms with van der Waals surface area (Å²) in [4.78, 5) is 2.34. The van der Waals surface area contributed by atoms with E-state index in [1.807, 2.05) is 14.1 Å². The zero-order chi connectivity index (χ0) is 19.7. The summed E-state index contributed by atoms with van der Waals surface area (Å²) in [6.07, 6.45) is 5.86. The van der Waals surface area contributed by atoms with Crippen molar-refractivity contribution in [3.63, 3.8) is 0 Å². The van der Waals surface area contributed by atoms with Gasteiger partial charge in [0.2, 0.25) is 20.0 Å². The Balaban J connectivity index is 1.74. The minimum atomic E-state index is -3.69. The molecule has 1 saturated carbocycles. The standard InChI is InChI=1S/C18H29N3O4S2/c1-20(2)18(11-3-4-12-18)15-19-26(22,23)16-7-9-17(10-8-16)27(24,25)21-13-5-6-14-21/h7-10,19H,3-6,11-15H2,1-2H3. The number of hydrogen-bond donors (Lipinski definition) is 1. The second-order valence-electron chi connectivity index (χ2n) is 7.73. The summed E-state index contributed by atoms with van der Waals surface area (Å²) in [6.45, 7) is 1.41. The molecule has 27 heavy (non-hydrogen) atoms. The molecule has 0 radical (unpaired) electrons. The van der Waals surface area contributed by atoms with Crippen molar-refractivity contribution in [2.24, 2.45) is 0 Å². The van der Waals surface area contributed by atoms with Crippen molar-refractivity contribution in [1.82, 2.24) is 13.9 Å². The first kappa shape index (κ1) is 20.7. The van der Waals surface area contributed by atoms with Gasteiger partial charge in [0.15, 0.2) is 0 Å². The lowest BCUT2D eigenvalue weighted by Gasteiger charge is -2.36. The summed E-state index contributed by atoms with van der Waals surface area (Å²) in [5.74, 6) is 0. The molecule has 1 N–H and O–H groups in total. The van der Waals surface area contributed by atoms with Gasteiger partial charge in [-0.3, -0.25) is 0 Å². The Labute approximate surface area is 162 Å². The topological polar surface area (TPSA) is 86.8 Å². The fourth-order valence-electron chi connectivity index (χ4n) is 4.00. The number of hydrogen-bond acceptors (Lipinski definition) is 5. The average Bonchev–Trinajstić information content (AvgIpc) is 3.33. The quantitative estimate of drug-likeness (QED) is 0.731. The van der Waals surface area contributed by atoms with Crippen molar-refractivity contribution in [3.8, 4) is 0 Å². The first-order valence-corrected chi connectivity index (χ1v) is 12.4. The van der Waals surface area contributed by atoms with E-state index in [-0.39, 0.29) is 15.3 Å². The summed E-state index contributed by atoms with van der Waals surface area (Å²) in [7, 11) is -3.25. The molecule has 1 aromatic carbocycles. The smallest absolute Gasteiger partial charge is 0.243 e. The Morgan fingerprint density at radius 1 is 0.926 bits per heavy atom. The largest absolute Gasteiger partial charge is 0.302 e. The SMILES string of the molecule is CN(C)C1(CNS(=O)(=O)c2ccc(S(=O)(=O)N3CCCC3)cc2)CCCC1. The van der Waals surface area contributed by atoms with Crippen molar-refractivity contribution in [3.05, 3.63) is 24.3 Å². The molecule has 7 nitrogen and oxygen atoms in total. The molecule has 1 aliphatic carbocycles. The molecule has 0 atom stereocenters. The molecule has 0 aromatic heterocycles. The van der Waals surface area contributed by atoms with E-state index >= 15 is 0 Å². The van der Waals surface area contributed by atoms with Crippen LogP contribution in [0.4, 0.5) is 0 Å². The van der Waals surface area contributed by atoms with Crippen LogP contribution in [0.5, 0.6) is 0 Å². The maximum absolute atomic E-state index is 12.7. The normalized spacial score (nSPS) is 21.1. The molecule has 1 aromatic rings. The highest BCUT2D eigenvalue weighted by Crippen LogP contribution is 2.33. The van der Waals surface area contributed by atoms with E-state index < -0.39 is 20.0 Å². The van der Waals surface area contributed by atoms with E-state index in [9.17, 15) is 16.8 Å². The van der Waals surface area contributed by atoms with Gasteiger partial charge >= 0.3 is 0 Å². The van der Waals surface area contributed by atoms with Crippen LogP contribution in [0.3, 0.4) is 0 Å². The lowest BCUT2D eigenvalue weighted by atomic mass is 9.97. The maximum Gasteiger partial charge on any atom is 0.243 e. The zero-order valence-electron chi connectivity index (χ0n) is 16.0. The van der Waals surface area contributed by atoms with E-state index in [1.165, 1.54) is 28.6 Å².